The summed E-state index contributed by atoms with van der Waals surface area (Å²) in [6, 6.07) is 0. The summed E-state index contributed by atoms with van der Waals surface area (Å²) < 4.78 is 2.23. The molecule has 0 rings (SSSR count). The fourth-order valence-electron chi connectivity index (χ4n) is 5.67. The van der Waals surface area contributed by atoms with E-state index in [0.29, 0.717) is 0 Å². The van der Waals surface area contributed by atoms with E-state index in [1.54, 1.807) is 0 Å². The molecule has 0 bridgehead atoms. The van der Waals surface area contributed by atoms with Crippen LogP contribution in [-0.2, 0) is 0 Å². The van der Waals surface area contributed by atoms with Crippen LogP contribution in [0.4, 0.5) is 0 Å². The molecular formula is C45H95ClN2+2. The minimum absolute atomic E-state index is 0.792. The number of quaternary nitrogens is 2. The summed E-state index contributed by atoms with van der Waals surface area (Å²) in [6.45, 7) is 9.26. The van der Waals surface area contributed by atoms with Gasteiger partial charge in [-0.05, 0) is 83.5 Å². The first kappa shape index (κ1) is 52.1. The molecule has 0 saturated heterocycles. The molecule has 0 aromatic rings. The molecule has 48 heavy (non-hydrogen) atoms. The molecule has 0 heterocycles. The van der Waals surface area contributed by atoms with Gasteiger partial charge in [0.1, 0.15) is 0 Å². The van der Waals surface area contributed by atoms with Crippen LogP contribution >= 0.6 is 11.6 Å². The van der Waals surface area contributed by atoms with Crippen LogP contribution in [0.2, 0.25) is 0 Å². The van der Waals surface area contributed by atoms with Gasteiger partial charge in [-0.1, -0.05) is 148 Å². The van der Waals surface area contributed by atoms with Crippen LogP contribution in [0.5, 0.6) is 0 Å². The Bertz CT molecular complexity index is 559. The lowest BCUT2D eigenvalue weighted by atomic mass is 10.1. The normalized spacial score (nSPS) is 12.0. The zero-order valence-electron chi connectivity index (χ0n) is 35.2. The number of nitrogens with zero attached hydrogens (tertiary/aromatic N) is 2. The Kier molecular flexibility index (Phi) is 46.5. The fraction of sp³-hybridized carbons (Fsp3) is 0.911. The minimum Gasteiger partial charge on any atom is -0.331 e. The molecule has 0 aliphatic rings. The summed E-state index contributed by atoms with van der Waals surface area (Å²) in [5.41, 5.74) is 0. The Morgan fingerprint density at radius 3 is 0.729 bits per heavy atom. The predicted octanol–water partition coefficient (Wildman–Crippen LogP) is 15.1. The van der Waals surface area contributed by atoms with E-state index in [1.165, 1.54) is 193 Å². The number of alkyl halides is 1. The Morgan fingerprint density at radius 1 is 0.312 bits per heavy atom. The summed E-state index contributed by atoms with van der Waals surface area (Å²) >= 11 is 5.19. The van der Waals surface area contributed by atoms with Crippen molar-refractivity contribution in [2.24, 2.45) is 0 Å². The van der Waals surface area contributed by atoms with Crippen molar-refractivity contribution in [1.29, 1.82) is 0 Å². The van der Waals surface area contributed by atoms with E-state index in [9.17, 15) is 0 Å². The van der Waals surface area contributed by atoms with Crippen LogP contribution in [-0.4, -0.2) is 70.2 Å². The minimum atomic E-state index is 0.792. The van der Waals surface area contributed by atoms with Gasteiger partial charge < -0.3 is 8.97 Å². The van der Waals surface area contributed by atoms with Gasteiger partial charge in [0.05, 0.1) is 55.4 Å². The van der Waals surface area contributed by atoms with E-state index in [1.807, 2.05) is 6.92 Å². The van der Waals surface area contributed by atoms with Crippen molar-refractivity contribution < 1.29 is 8.97 Å². The second kappa shape index (κ2) is 42.9. The molecular weight excluding hydrogens is 604 g/mol. The van der Waals surface area contributed by atoms with Gasteiger partial charge in [0.15, 0.2) is 0 Å². The fourth-order valence-corrected chi connectivity index (χ4v) is 5.67. The molecule has 0 aromatic carbocycles. The molecule has 0 atom stereocenters. The quantitative estimate of drug-likeness (QED) is 0.0277. The van der Waals surface area contributed by atoms with Gasteiger partial charge in [0.25, 0.3) is 0 Å². The van der Waals surface area contributed by atoms with Crippen molar-refractivity contribution >= 4 is 11.6 Å². The van der Waals surface area contributed by atoms with Gasteiger partial charge in [-0.3, -0.25) is 0 Å². The third kappa shape index (κ3) is 61.0. The first-order chi connectivity index (χ1) is 23.0. The van der Waals surface area contributed by atoms with Gasteiger partial charge in [0.2, 0.25) is 0 Å². The Balaban J connectivity index is -0.000000758. The zero-order chi connectivity index (χ0) is 36.5. The standard InChI is InChI=1S/2C21H44N.C3H7Cl/c2*1-5-6-7-8-9-10-11-12-13-14-15-16-17-18-19-20-21-22(2,3)4;1-2-3-4/h2*12-13H,5-11,14-21H2,1-4H3;2-3H2,1H3/q2*+1;/b2*13-12-;. The maximum atomic E-state index is 5.19. The average Bonchev–Trinajstić information content (AvgIpc) is 3.03. The Labute approximate surface area is 312 Å². The van der Waals surface area contributed by atoms with E-state index in [2.05, 4.69) is 80.4 Å². The van der Waals surface area contributed by atoms with Crippen molar-refractivity contribution in [3.05, 3.63) is 24.3 Å². The maximum Gasteiger partial charge on any atom is 0.0780 e. The van der Waals surface area contributed by atoms with Crippen LogP contribution < -0.4 is 0 Å². The monoisotopic (exact) mass is 699 g/mol. The van der Waals surface area contributed by atoms with Crippen molar-refractivity contribution in [2.45, 2.75) is 207 Å². The Morgan fingerprint density at radius 2 is 0.521 bits per heavy atom. The number of hydrogen-bond acceptors (Lipinski definition) is 0. The van der Waals surface area contributed by atoms with Crippen LogP contribution in [0.15, 0.2) is 24.3 Å². The predicted molar refractivity (Wildman–Crippen MR) is 226 cm³/mol. The molecule has 0 saturated carbocycles. The molecule has 0 fully saturated rings. The summed E-state index contributed by atoms with van der Waals surface area (Å²) in [5, 5.41) is 0. The highest BCUT2D eigenvalue weighted by atomic mass is 35.5. The molecule has 0 amide bonds. The molecule has 0 aromatic heterocycles. The topological polar surface area (TPSA) is 0 Å². The first-order valence-electron chi connectivity index (χ1n) is 21.5. The molecule has 3 heteroatoms. The number of rotatable bonds is 33. The summed E-state index contributed by atoms with van der Waals surface area (Å²) in [6.07, 6.45) is 49.9. The lowest BCUT2D eigenvalue weighted by molar-refractivity contribution is -0.870. The molecule has 290 valence electrons. The molecule has 0 aliphatic heterocycles. The van der Waals surface area contributed by atoms with Crippen LogP contribution in [0, 0.1) is 0 Å². The van der Waals surface area contributed by atoms with Crippen LogP contribution in [0.25, 0.3) is 0 Å². The third-order valence-electron chi connectivity index (χ3n) is 8.87. The highest BCUT2D eigenvalue weighted by Gasteiger charge is 2.05. The van der Waals surface area contributed by atoms with Gasteiger partial charge in [-0.15, -0.1) is 11.6 Å². The lowest BCUT2D eigenvalue weighted by Gasteiger charge is -2.23. The number of halogens is 1. The highest BCUT2D eigenvalue weighted by Crippen LogP contribution is 2.12. The number of unbranched alkanes of at least 4 members (excludes halogenated alkanes) is 24. The van der Waals surface area contributed by atoms with Crippen molar-refractivity contribution in [1.82, 2.24) is 0 Å². The molecule has 0 N–H and O–H groups in total. The molecule has 0 aliphatic carbocycles. The number of allylic oxidation sites excluding steroid dienone is 4. The molecule has 0 unspecified atom stereocenters. The highest BCUT2D eigenvalue weighted by molar-refractivity contribution is 6.17. The zero-order valence-corrected chi connectivity index (χ0v) is 36.0. The van der Waals surface area contributed by atoms with Crippen molar-refractivity contribution in [2.75, 3.05) is 61.3 Å². The van der Waals surface area contributed by atoms with Crippen LogP contribution in [0.1, 0.15) is 207 Å². The number of hydrogen-bond donors (Lipinski definition) is 0. The van der Waals surface area contributed by atoms with Gasteiger partial charge in [-0.25, -0.2) is 0 Å². The third-order valence-corrected chi connectivity index (χ3v) is 9.25. The van der Waals surface area contributed by atoms with Crippen LogP contribution in [0.3, 0.4) is 0 Å². The maximum absolute atomic E-state index is 5.19. The van der Waals surface area contributed by atoms with E-state index in [0.717, 1.165) is 21.3 Å². The largest absolute Gasteiger partial charge is 0.331 e. The Hall–Kier alpha value is -0.310. The van der Waals surface area contributed by atoms with E-state index < -0.39 is 0 Å². The molecule has 2 nitrogen and oxygen atoms in total. The second-order valence-electron chi connectivity index (χ2n) is 16.6. The SMILES string of the molecule is CCCCCCCC/C=C\CCCCCCCC[N+](C)(C)C.CCCCCCCC/C=C\CCCCCCCC[N+](C)(C)C.CCCCl. The summed E-state index contributed by atoms with van der Waals surface area (Å²) in [7, 11) is 13.7. The smallest absolute Gasteiger partial charge is 0.0780 e. The average molecular weight is 700 g/mol. The van der Waals surface area contributed by atoms with Gasteiger partial charge in [-0.2, -0.15) is 0 Å². The first-order valence-corrected chi connectivity index (χ1v) is 22.0. The molecule has 0 radical (unpaired) electrons. The van der Waals surface area contributed by atoms with Gasteiger partial charge >= 0.3 is 0 Å². The van der Waals surface area contributed by atoms with E-state index in [-0.39, 0.29) is 0 Å². The van der Waals surface area contributed by atoms with E-state index in [4.69, 9.17) is 11.6 Å². The van der Waals surface area contributed by atoms with E-state index >= 15 is 0 Å². The molecule has 0 spiro atoms. The lowest BCUT2D eigenvalue weighted by Crippen LogP contribution is -2.35. The van der Waals surface area contributed by atoms with Gasteiger partial charge in [0, 0.05) is 5.88 Å². The van der Waals surface area contributed by atoms with Crippen molar-refractivity contribution in [3.8, 4) is 0 Å². The second-order valence-corrected chi connectivity index (χ2v) is 17.0. The summed E-state index contributed by atoms with van der Waals surface area (Å²) in [5.74, 6) is 0.792. The van der Waals surface area contributed by atoms with Crippen molar-refractivity contribution in [3.63, 3.8) is 0 Å². The summed E-state index contributed by atoms with van der Waals surface area (Å²) in [4.78, 5) is 0.